The van der Waals surface area contributed by atoms with Gasteiger partial charge in [-0.2, -0.15) is 0 Å². The molecule has 4 heteroatoms. The summed E-state index contributed by atoms with van der Waals surface area (Å²) in [5.74, 6) is 0. The lowest BCUT2D eigenvalue weighted by molar-refractivity contribution is -0.0116. The SMILES string of the molecule is CC(C)(C)OCCN1CCC(N2CCC(N)CC2)C1. The first-order valence-electron chi connectivity index (χ1n) is 7.80. The van der Waals surface area contributed by atoms with Crippen LogP contribution in [0.4, 0.5) is 0 Å². The third-order valence-corrected chi connectivity index (χ3v) is 4.28. The molecule has 112 valence electrons. The lowest BCUT2D eigenvalue weighted by atomic mass is 10.0. The summed E-state index contributed by atoms with van der Waals surface area (Å²) < 4.78 is 5.81. The van der Waals surface area contributed by atoms with Gasteiger partial charge in [0, 0.05) is 25.2 Å². The van der Waals surface area contributed by atoms with Crippen molar-refractivity contribution in [3.63, 3.8) is 0 Å². The third kappa shape index (κ3) is 5.03. The predicted molar refractivity (Wildman–Crippen MR) is 79.3 cm³/mol. The van der Waals surface area contributed by atoms with Gasteiger partial charge in [-0.3, -0.25) is 9.80 Å². The van der Waals surface area contributed by atoms with Gasteiger partial charge in [0.25, 0.3) is 0 Å². The molecule has 0 bridgehead atoms. The minimum absolute atomic E-state index is 0.0118. The Morgan fingerprint density at radius 3 is 2.42 bits per heavy atom. The molecule has 0 aliphatic carbocycles. The molecule has 2 rings (SSSR count). The van der Waals surface area contributed by atoms with Crippen LogP contribution in [0.2, 0.25) is 0 Å². The Morgan fingerprint density at radius 1 is 1.11 bits per heavy atom. The van der Waals surface area contributed by atoms with E-state index in [0.29, 0.717) is 6.04 Å². The van der Waals surface area contributed by atoms with Crippen molar-refractivity contribution in [3.05, 3.63) is 0 Å². The summed E-state index contributed by atoms with van der Waals surface area (Å²) in [7, 11) is 0. The van der Waals surface area contributed by atoms with Crippen LogP contribution in [0, 0.1) is 0 Å². The average Bonchev–Trinajstić information content (AvgIpc) is 2.77. The van der Waals surface area contributed by atoms with Gasteiger partial charge in [0.15, 0.2) is 0 Å². The van der Waals surface area contributed by atoms with Gasteiger partial charge in [0.05, 0.1) is 12.2 Å². The highest BCUT2D eigenvalue weighted by molar-refractivity contribution is 4.86. The van der Waals surface area contributed by atoms with E-state index in [4.69, 9.17) is 10.5 Å². The molecule has 0 spiro atoms. The van der Waals surface area contributed by atoms with E-state index in [2.05, 4.69) is 30.6 Å². The summed E-state index contributed by atoms with van der Waals surface area (Å²) in [6.07, 6.45) is 3.65. The van der Waals surface area contributed by atoms with Crippen molar-refractivity contribution in [1.29, 1.82) is 0 Å². The second-order valence-corrected chi connectivity index (χ2v) is 7.08. The molecule has 4 nitrogen and oxygen atoms in total. The molecule has 1 atom stereocenters. The van der Waals surface area contributed by atoms with Crippen LogP contribution in [-0.4, -0.2) is 66.8 Å². The van der Waals surface area contributed by atoms with Gasteiger partial charge in [-0.25, -0.2) is 0 Å². The first-order valence-corrected chi connectivity index (χ1v) is 7.80. The van der Waals surface area contributed by atoms with Crippen molar-refractivity contribution in [2.24, 2.45) is 5.73 Å². The molecule has 0 aromatic rings. The number of rotatable bonds is 4. The molecule has 0 radical (unpaired) electrons. The van der Waals surface area contributed by atoms with E-state index in [1.807, 2.05) is 0 Å². The van der Waals surface area contributed by atoms with Gasteiger partial charge in [-0.05, 0) is 59.7 Å². The number of nitrogens with zero attached hydrogens (tertiary/aromatic N) is 2. The van der Waals surface area contributed by atoms with Gasteiger partial charge < -0.3 is 10.5 Å². The summed E-state index contributed by atoms with van der Waals surface area (Å²) >= 11 is 0. The fraction of sp³-hybridized carbons (Fsp3) is 1.00. The molecule has 0 aromatic heterocycles. The molecule has 2 aliphatic rings. The standard InChI is InChI=1S/C15H31N3O/c1-15(2,3)19-11-10-17-7-6-14(12-17)18-8-4-13(16)5-9-18/h13-14H,4-12,16H2,1-3H3. The van der Waals surface area contributed by atoms with Crippen molar-refractivity contribution < 1.29 is 4.74 Å². The zero-order valence-corrected chi connectivity index (χ0v) is 12.9. The molecule has 2 aliphatic heterocycles. The second kappa shape index (κ2) is 6.53. The van der Waals surface area contributed by atoms with Crippen molar-refractivity contribution in [2.45, 2.75) is 57.7 Å². The van der Waals surface area contributed by atoms with Crippen molar-refractivity contribution >= 4 is 0 Å². The Balaban J connectivity index is 1.65. The molecule has 0 aromatic carbocycles. The Hall–Kier alpha value is -0.160. The van der Waals surface area contributed by atoms with Crippen LogP contribution < -0.4 is 5.73 Å². The van der Waals surface area contributed by atoms with Gasteiger partial charge >= 0.3 is 0 Å². The maximum absolute atomic E-state index is 5.98. The van der Waals surface area contributed by atoms with Gasteiger partial charge in [0.1, 0.15) is 0 Å². The fourth-order valence-electron chi connectivity index (χ4n) is 3.08. The van der Waals surface area contributed by atoms with E-state index in [0.717, 1.165) is 19.2 Å². The van der Waals surface area contributed by atoms with Crippen LogP contribution in [0.3, 0.4) is 0 Å². The van der Waals surface area contributed by atoms with Crippen LogP contribution >= 0.6 is 0 Å². The summed E-state index contributed by atoms with van der Waals surface area (Å²) in [6.45, 7) is 13.1. The van der Waals surface area contributed by atoms with E-state index in [1.165, 1.54) is 45.4 Å². The first kappa shape index (κ1) is 15.2. The van der Waals surface area contributed by atoms with Gasteiger partial charge in [0.2, 0.25) is 0 Å². The predicted octanol–water partition coefficient (Wildman–Crippen LogP) is 1.30. The monoisotopic (exact) mass is 269 g/mol. The summed E-state index contributed by atoms with van der Waals surface area (Å²) in [4.78, 5) is 5.19. The lowest BCUT2D eigenvalue weighted by Crippen LogP contribution is -2.46. The molecule has 2 fully saturated rings. The van der Waals surface area contributed by atoms with Crippen molar-refractivity contribution in [2.75, 3.05) is 39.3 Å². The first-order chi connectivity index (χ1) is 8.94. The van der Waals surface area contributed by atoms with Crippen LogP contribution in [0.1, 0.15) is 40.0 Å². The summed E-state index contributed by atoms with van der Waals surface area (Å²) in [6, 6.07) is 1.19. The number of hydrogen-bond donors (Lipinski definition) is 1. The van der Waals surface area contributed by atoms with Crippen LogP contribution in [0.25, 0.3) is 0 Å². The summed E-state index contributed by atoms with van der Waals surface area (Å²) in [5, 5.41) is 0. The Morgan fingerprint density at radius 2 is 1.79 bits per heavy atom. The molecule has 19 heavy (non-hydrogen) atoms. The van der Waals surface area contributed by atoms with Gasteiger partial charge in [-0.1, -0.05) is 0 Å². The third-order valence-electron chi connectivity index (χ3n) is 4.28. The number of likely N-dealkylation sites (tertiary alicyclic amines) is 2. The number of hydrogen-bond acceptors (Lipinski definition) is 4. The van der Waals surface area contributed by atoms with E-state index >= 15 is 0 Å². The number of piperidine rings is 1. The van der Waals surface area contributed by atoms with Crippen LogP contribution in [0.5, 0.6) is 0 Å². The molecular formula is C15H31N3O. The molecule has 2 heterocycles. The molecule has 1 unspecified atom stereocenters. The molecule has 2 N–H and O–H groups in total. The van der Waals surface area contributed by atoms with Crippen LogP contribution in [-0.2, 0) is 4.74 Å². The second-order valence-electron chi connectivity index (χ2n) is 7.08. The molecular weight excluding hydrogens is 238 g/mol. The topological polar surface area (TPSA) is 41.7 Å². The zero-order valence-electron chi connectivity index (χ0n) is 12.9. The van der Waals surface area contributed by atoms with Gasteiger partial charge in [-0.15, -0.1) is 0 Å². The number of ether oxygens (including phenoxy) is 1. The minimum Gasteiger partial charge on any atom is -0.375 e. The van der Waals surface area contributed by atoms with Crippen LogP contribution in [0.15, 0.2) is 0 Å². The molecule has 0 amide bonds. The minimum atomic E-state index is -0.0118. The van der Waals surface area contributed by atoms with Crippen molar-refractivity contribution in [3.8, 4) is 0 Å². The molecule has 0 saturated carbocycles. The van der Waals surface area contributed by atoms with Crippen molar-refractivity contribution in [1.82, 2.24) is 9.80 Å². The normalized spacial score (nSPS) is 28.1. The highest BCUT2D eigenvalue weighted by Gasteiger charge is 2.29. The fourth-order valence-corrected chi connectivity index (χ4v) is 3.08. The Kier molecular flexibility index (Phi) is 5.23. The van der Waals surface area contributed by atoms with E-state index < -0.39 is 0 Å². The van der Waals surface area contributed by atoms with E-state index in [1.54, 1.807) is 0 Å². The number of nitrogens with two attached hydrogens (primary N) is 1. The Labute approximate surface area is 118 Å². The average molecular weight is 269 g/mol. The van der Waals surface area contributed by atoms with E-state index in [9.17, 15) is 0 Å². The summed E-state index contributed by atoms with van der Waals surface area (Å²) in [5.41, 5.74) is 5.96. The maximum Gasteiger partial charge on any atom is 0.0600 e. The van der Waals surface area contributed by atoms with E-state index in [-0.39, 0.29) is 5.60 Å². The lowest BCUT2D eigenvalue weighted by Gasteiger charge is -2.34. The largest absolute Gasteiger partial charge is 0.375 e. The highest BCUT2D eigenvalue weighted by atomic mass is 16.5. The zero-order chi connectivity index (χ0) is 13.9. The Bertz CT molecular complexity index is 269. The maximum atomic E-state index is 5.98. The quantitative estimate of drug-likeness (QED) is 0.835. The molecule has 2 saturated heterocycles. The smallest absolute Gasteiger partial charge is 0.0600 e. The highest BCUT2D eigenvalue weighted by Crippen LogP contribution is 2.20.